The molecule has 0 saturated carbocycles. The van der Waals surface area contributed by atoms with Crippen LogP contribution in [-0.4, -0.2) is 15.8 Å². The second kappa shape index (κ2) is 6.31. The average Bonchev–Trinajstić information content (AvgIpc) is 1.96. The van der Waals surface area contributed by atoms with E-state index in [1.807, 2.05) is 0 Å². The molecule has 0 aromatic carbocycles. The lowest BCUT2D eigenvalue weighted by Crippen LogP contribution is -2.13. The summed E-state index contributed by atoms with van der Waals surface area (Å²) in [4.78, 5) is 0. The maximum Gasteiger partial charge on any atom is 0.00752 e. The SMILES string of the molecule is CCCC(CBr)CSC(C)(C)C. The zero-order valence-electron chi connectivity index (χ0n) is 8.69. The van der Waals surface area contributed by atoms with E-state index < -0.39 is 0 Å². The summed E-state index contributed by atoms with van der Waals surface area (Å²) in [6.07, 6.45) is 2.66. The molecule has 0 nitrogen and oxygen atoms in total. The van der Waals surface area contributed by atoms with Crippen LogP contribution in [0.3, 0.4) is 0 Å². The molecule has 1 unspecified atom stereocenters. The normalized spacial score (nSPS) is 14.8. The van der Waals surface area contributed by atoms with Crippen LogP contribution in [0.25, 0.3) is 0 Å². The Morgan fingerprint density at radius 3 is 2.25 bits per heavy atom. The highest BCUT2D eigenvalue weighted by Gasteiger charge is 2.14. The quantitative estimate of drug-likeness (QED) is 0.657. The molecule has 0 heterocycles. The summed E-state index contributed by atoms with van der Waals surface area (Å²) < 4.78 is 0.425. The average molecular weight is 253 g/mol. The molecule has 12 heavy (non-hydrogen) atoms. The van der Waals surface area contributed by atoms with E-state index >= 15 is 0 Å². The molecule has 0 rings (SSSR count). The maximum absolute atomic E-state index is 3.57. The lowest BCUT2D eigenvalue weighted by molar-refractivity contribution is 0.594. The van der Waals surface area contributed by atoms with Gasteiger partial charge in [-0.15, -0.1) is 0 Å². The van der Waals surface area contributed by atoms with E-state index in [4.69, 9.17) is 0 Å². The van der Waals surface area contributed by atoms with E-state index in [9.17, 15) is 0 Å². The topological polar surface area (TPSA) is 0 Å². The van der Waals surface area contributed by atoms with Gasteiger partial charge in [0, 0.05) is 10.1 Å². The van der Waals surface area contributed by atoms with Crippen LogP contribution in [0.5, 0.6) is 0 Å². The van der Waals surface area contributed by atoms with Crippen molar-refractivity contribution in [2.24, 2.45) is 5.92 Å². The standard InChI is InChI=1S/C10H21BrS/c1-5-6-9(7-11)8-12-10(2,3)4/h9H,5-8H2,1-4H3. The van der Waals surface area contributed by atoms with Gasteiger partial charge in [0.15, 0.2) is 0 Å². The Hall–Kier alpha value is 0.830. The van der Waals surface area contributed by atoms with E-state index in [-0.39, 0.29) is 0 Å². The molecule has 0 aromatic rings. The maximum atomic E-state index is 3.57. The summed E-state index contributed by atoms with van der Waals surface area (Å²) in [5, 5.41) is 1.16. The van der Waals surface area contributed by atoms with Crippen LogP contribution in [0.15, 0.2) is 0 Å². The van der Waals surface area contributed by atoms with Crippen LogP contribution in [0.1, 0.15) is 40.5 Å². The van der Waals surface area contributed by atoms with E-state index in [1.165, 1.54) is 18.6 Å². The monoisotopic (exact) mass is 252 g/mol. The van der Waals surface area contributed by atoms with Gasteiger partial charge in [-0.25, -0.2) is 0 Å². The molecule has 0 aliphatic carbocycles. The highest BCUT2D eigenvalue weighted by Crippen LogP contribution is 2.27. The molecule has 0 saturated heterocycles. The van der Waals surface area contributed by atoms with E-state index in [0.717, 1.165) is 11.2 Å². The van der Waals surface area contributed by atoms with Gasteiger partial charge in [0.05, 0.1) is 0 Å². The predicted octanol–water partition coefficient (Wildman–Crippen LogP) is 4.33. The molecule has 0 radical (unpaired) electrons. The third kappa shape index (κ3) is 7.48. The van der Waals surface area contributed by atoms with E-state index in [2.05, 4.69) is 55.4 Å². The minimum atomic E-state index is 0.425. The van der Waals surface area contributed by atoms with Crippen molar-refractivity contribution in [1.82, 2.24) is 0 Å². The van der Waals surface area contributed by atoms with Crippen molar-refractivity contribution in [2.75, 3.05) is 11.1 Å². The van der Waals surface area contributed by atoms with Gasteiger partial charge >= 0.3 is 0 Å². The number of hydrogen-bond acceptors (Lipinski definition) is 1. The Bertz CT molecular complexity index is 107. The lowest BCUT2D eigenvalue weighted by Gasteiger charge is -2.21. The van der Waals surface area contributed by atoms with Crippen molar-refractivity contribution < 1.29 is 0 Å². The number of rotatable bonds is 5. The highest BCUT2D eigenvalue weighted by atomic mass is 79.9. The molecule has 74 valence electrons. The van der Waals surface area contributed by atoms with Gasteiger partial charge in [-0.05, 0) is 18.1 Å². The number of thioether (sulfide) groups is 1. The smallest absolute Gasteiger partial charge is 0.00752 e. The first-order valence-corrected chi connectivity index (χ1v) is 6.80. The summed E-state index contributed by atoms with van der Waals surface area (Å²) in [5.74, 6) is 2.15. The van der Waals surface area contributed by atoms with Gasteiger partial charge < -0.3 is 0 Å². The third-order valence-corrected chi connectivity index (χ3v) is 4.09. The molecule has 0 spiro atoms. The molecule has 0 aliphatic rings. The molecule has 0 aliphatic heterocycles. The summed E-state index contributed by atoms with van der Waals surface area (Å²) in [6.45, 7) is 9.12. The van der Waals surface area contributed by atoms with Crippen LogP contribution >= 0.6 is 27.7 Å². The molecule has 0 aromatic heterocycles. The van der Waals surface area contributed by atoms with Crippen molar-refractivity contribution in [3.63, 3.8) is 0 Å². The zero-order valence-corrected chi connectivity index (χ0v) is 11.1. The van der Waals surface area contributed by atoms with Gasteiger partial charge in [0.1, 0.15) is 0 Å². The van der Waals surface area contributed by atoms with Crippen LogP contribution in [0.4, 0.5) is 0 Å². The fraction of sp³-hybridized carbons (Fsp3) is 1.00. The first-order chi connectivity index (χ1) is 5.49. The first kappa shape index (κ1) is 12.8. The fourth-order valence-corrected chi connectivity index (χ4v) is 2.86. The molecule has 1 atom stereocenters. The minimum Gasteiger partial charge on any atom is -0.156 e. The number of hydrogen-bond donors (Lipinski definition) is 0. The Kier molecular flexibility index (Phi) is 6.75. The van der Waals surface area contributed by atoms with Crippen molar-refractivity contribution >= 4 is 27.7 Å². The predicted molar refractivity (Wildman–Crippen MR) is 64.4 cm³/mol. The van der Waals surface area contributed by atoms with Crippen molar-refractivity contribution in [3.05, 3.63) is 0 Å². The van der Waals surface area contributed by atoms with Crippen LogP contribution in [-0.2, 0) is 0 Å². The zero-order chi connectivity index (χ0) is 9.61. The molecule has 0 N–H and O–H groups in total. The van der Waals surface area contributed by atoms with Crippen LogP contribution in [0, 0.1) is 5.92 Å². The third-order valence-electron chi connectivity index (χ3n) is 1.67. The summed E-state index contributed by atoms with van der Waals surface area (Å²) >= 11 is 5.65. The van der Waals surface area contributed by atoms with Crippen molar-refractivity contribution in [1.29, 1.82) is 0 Å². The van der Waals surface area contributed by atoms with Gasteiger partial charge in [-0.3, -0.25) is 0 Å². The molecule has 0 bridgehead atoms. The van der Waals surface area contributed by atoms with Gasteiger partial charge in [-0.2, -0.15) is 11.8 Å². The van der Waals surface area contributed by atoms with Crippen molar-refractivity contribution in [2.45, 2.75) is 45.3 Å². The van der Waals surface area contributed by atoms with Crippen molar-refractivity contribution in [3.8, 4) is 0 Å². The fourth-order valence-electron chi connectivity index (χ4n) is 0.981. The summed E-state index contributed by atoms with van der Waals surface area (Å²) in [7, 11) is 0. The van der Waals surface area contributed by atoms with Gasteiger partial charge in [-0.1, -0.05) is 50.0 Å². The number of halogens is 1. The Morgan fingerprint density at radius 1 is 1.33 bits per heavy atom. The van der Waals surface area contributed by atoms with Crippen LogP contribution in [0.2, 0.25) is 0 Å². The molecular weight excluding hydrogens is 232 g/mol. The minimum absolute atomic E-state index is 0.425. The molecule has 2 heteroatoms. The Balaban J connectivity index is 3.58. The molecular formula is C10H21BrS. The summed E-state index contributed by atoms with van der Waals surface area (Å²) in [6, 6.07) is 0. The Morgan fingerprint density at radius 2 is 1.92 bits per heavy atom. The van der Waals surface area contributed by atoms with Gasteiger partial charge in [0.2, 0.25) is 0 Å². The molecule has 0 fully saturated rings. The van der Waals surface area contributed by atoms with E-state index in [0.29, 0.717) is 4.75 Å². The second-order valence-corrected chi connectivity index (χ2v) is 6.73. The Labute approximate surface area is 90.0 Å². The lowest BCUT2D eigenvalue weighted by atomic mass is 10.1. The number of alkyl halides is 1. The largest absolute Gasteiger partial charge is 0.156 e. The van der Waals surface area contributed by atoms with E-state index in [1.54, 1.807) is 0 Å². The van der Waals surface area contributed by atoms with Crippen LogP contribution < -0.4 is 0 Å². The van der Waals surface area contributed by atoms with Gasteiger partial charge in [0.25, 0.3) is 0 Å². The second-order valence-electron chi connectivity index (χ2n) is 4.23. The first-order valence-electron chi connectivity index (χ1n) is 4.69. The highest BCUT2D eigenvalue weighted by molar-refractivity contribution is 9.09. The summed E-state index contributed by atoms with van der Waals surface area (Å²) in [5.41, 5.74) is 0. The molecule has 0 amide bonds.